The Hall–Kier alpha value is -4.86. The Morgan fingerprint density at radius 3 is 2.44 bits per heavy atom. The number of amides is 1. The van der Waals surface area contributed by atoms with Gasteiger partial charge in [0.15, 0.2) is 0 Å². The summed E-state index contributed by atoms with van der Waals surface area (Å²) >= 11 is 1.21. The van der Waals surface area contributed by atoms with Crippen molar-refractivity contribution in [2.45, 2.75) is 6.54 Å². The van der Waals surface area contributed by atoms with E-state index in [9.17, 15) is 19.1 Å². The van der Waals surface area contributed by atoms with Gasteiger partial charge in [-0.25, -0.2) is 14.2 Å². The normalized spacial score (nSPS) is 13.6. The maximum absolute atomic E-state index is 14.5. The summed E-state index contributed by atoms with van der Waals surface area (Å²) in [7, 11) is 0. The van der Waals surface area contributed by atoms with Crippen molar-refractivity contribution in [3.05, 3.63) is 102 Å². The topological polar surface area (TPSA) is 84.7 Å². The third-order valence-corrected chi connectivity index (χ3v) is 8.91. The number of carbonyl (C=O) groups is 2. The summed E-state index contributed by atoms with van der Waals surface area (Å²) in [6, 6.07) is 27.7. The van der Waals surface area contributed by atoms with Crippen molar-refractivity contribution in [2.75, 3.05) is 26.3 Å². The molecule has 0 saturated carbocycles. The van der Waals surface area contributed by atoms with E-state index in [0.717, 1.165) is 32.5 Å². The number of aromatic carboxylic acids is 1. The molecule has 1 fully saturated rings. The van der Waals surface area contributed by atoms with E-state index in [1.807, 2.05) is 59.2 Å². The second kappa shape index (κ2) is 11.1. The molecule has 43 heavy (non-hydrogen) atoms. The van der Waals surface area contributed by atoms with E-state index in [4.69, 9.17) is 9.72 Å². The number of pyridine rings is 1. The molecule has 0 spiro atoms. The molecule has 0 aliphatic carbocycles. The zero-order valence-corrected chi connectivity index (χ0v) is 23.8. The number of carbonyl (C=O) groups excluding carboxylic acids is 1. The first-order valence-corrected chi connectivity index (χ1v) is 14.8. The van der Waals surface area contributed by atoms with Crippen LogP contribution in [0, 0.1) is 5.82 Å². The number of carboxylic acids is 1. The molecule has 1 saturated heterocycles. The third kappa shape index (κ3) is 4.96. The lowest BCUT2D eigenvalue weighted by molar-refractivity contribution is -0.135. The smallest absolute Gasteiger partial charge is 0.345 e. The van der Waals surface area contributed by atoms with Crippen LogP contribution in [-0.2, 0) is 16.1 Å². The molecule has 1 N–H and O–H groups in total. The molecule has 214 valence electrons. The number of carboxylic acid groups (broad SMARTS) is 1. The summed E-state index contributed by atoms with van der Waals surface area (Å²) in [6.45, 7) is 2.06. The van der Waals surface area contributed by atoms with Crippen molar-refractivity contribution in [2.24, 2.45) is 0 Å². The molecule has 0 atom stereocenters. The molecule has 1 aliphatic heterocycles. The molecule has 3 aromatic carbocycles. The van der Waals surface area contributed by atoms with Crippen LogP contribution in [0.3, 0.4) is 0 Å². The number of halogens is 1. The van der Waals surface area contributed by atoms with Crippen LogP contribution in [0.25, 0.3) is 54.8 Å². The first kappa shape index (κ1) is 27.0. The molecular weight excluding hydrogens is 565 g/mol. The van der Waals surface area contributed by atoms with Gasteiger partial charge in [0.05, 0.1) is 40.3 Å². The van der Waals surface area contributed by atoms with Gasteiger partial charge in [-0.15, -0.1) is 11.3 Å². The second-order valence-corrected chi connectivity index (χ2v) is 11.4. The van der Waals surface area contributed by atoms with Crippen molar-refractivity contribution in [1.82, 2.24) is 14.5 Å². The Morgan fingerprint density at radius 2 is 1.67 bits per heavy atom. The first-order chi connectivity index (χ1) is 21.0. The number of aromatic nitrogens is 2. The number of thiophene rings is 1. The minimum atomic E-state index is -1.00. The van der Waals surface area contributed by atoms with Crippen LogP contribution in [0.1, 0.15) is 9.67 Å². The van der Waals surface area contributed by atoms with Gasteiger partial charge in [-0.1, -0.05) is 54.6 Å². The van der Waals surface area contributed by atoms with Crippen molar-refractivity contribution in [1.29, 1.82) is 0 Å². The van der Waals surface area contributed by atoms with Gasteiger partial charge in [-0.3, -0.25) is 4.79 Å². The Kier molecular flexibility index (Phi) is 6.96. The Labute approximate surface area is 250 Å². The van der Waals surface area contributed by atoms with Crippen LogP contribution in [-0.4, -0.2) is 57.7 Å². The lowest BCUT2D eigenvalue weighted by Crippen LogP contribution is -2.42. The van der Waals surface area contributed by atoms with E-state index in [1.165, 1.54) is 17.4 Å². The minimum Gasteiger partial charge on any atom is -0.477 e. The highest BCUT2D eigenvalue weighted by molar-refractivity contribution is 7.21. The molecule has 7 rings (SSSR count). The van der Waals surface area contributed by atoms with E-state index >= 15 is 0 Å². The summed E-state index contributed by atoms with van der Waals surface area (Å²) in [5, 5.41) is 10.7. The average Bonchev–Trinajstić information content (AvgIpc) is 3.60. The summed E-state index contributed by atoms with van der Waals surface area (Å²) in [5.74, 6) is -1.39. The molecular formula is C34H26FN3O4S. The fraction of sp³-hybridized carbons (Fsp3) is 0.147. The number of hydrogen-bond acceptors (Lipinski definition) is 5. The van der Waals surface area contributed by atoms with Gasteiger partial charge in [0.2, 0.25) is 5.91 Å². The minimum absolute atomic E-state index is 0.0525. The monoisotopic (exact) mass is 591 g/mol. The number of benzene rings is 3. The van der Waals surface area contributed by atoms with E-state index in [-0.39, 0.29) is 23.1 Å². The summed E-state index contributed by atoms with van der Waals surface area (Å²) in [5.41, 5.74) is 5.88. The molecule has 0 bridgehead atoms. The molecule has 1 amide bonds. The van der Waals surface area contributed by atoms with Gasteiger partial charge in [0, 0.05) is 29.6 Å². The van der Waals surface area contributed by atoms with Crippen LogP contribution in [0.2, 0.25) is 0 Å². The Morgan fingerprint density at radius 1 is 0.907 bits per heavy atom. The lowest BCUT2D eigenvalue weighted by Gasteiger charge is -2.27. The molecule has 1 aliphatic rings. The fourth-order valence-corrected chi connectivity index (χ4v) is 6.77. The predicted molar refractivity (Wildman–Crippen MR) is 166 cm³/mol. The number of nitrogens with zero attached hydrogens (tertiary/aromatic N) is 3. The highest BCUT2D eigenvalue weighted by Gasteiger charge is 2.27. The highest BCUT2D eigenvalue weighted by Crippen LogP contribution is 2.45. The van der Waals surface area contributed by atoms with Gasteiger partial charge in [-0.2, -0.15) is 0 Å². The fourth-order valence-electron chi connectivity index (χ4n) is 5.71. The van der Waals surface area contributed by atoms with Gasteiger partial charge in [-0.05, 0) is 47.5 Å². The number of fused-ring (bicyclic) bond motifs is 2. The molecule has 0 unspecified atom stereocenters. The number of morpholine rings is 1. The van der Waals surface area contributed by atoms with E-state index in [0.29, 0.717) is 48.6 Å². The predicted octanol–water partition coefficient (Wildman–Crippen LogP) is 6.95. The van der Waals surface area contributed by atoms with Gasteiger partial charge >= 0.3 is 5.97 Å². The van der Waals surface area contributed by atoms with Gasteiger partial charge in [0.25, 0.3) is 0 Å². The molecule has 9 heteroatoms. The maximum Gasteiger partial charge on any atom is 0.345 e. The highest BCUT2D eigenvalue weighted by atomic mass is 32.1. The van der Waals surface area contributed by atoms with Crippen LogP contribution in [0.15, 0.2) is 91.0 Å². The maximum atomic E-state index is 14.5. The van der Waals surface area contributed by atoms with E-state index < -0.39 is 5.97 Å². The molecule has 6 aromatic rings. The van der Waals surface area contributed by atoms with E-state index in [2.05, 4.69) is 0 Å². The van der Waals surface area contributed by atoms with E-state index in [1.54, 1.807) is 35.2 Å². The molecule has 4 heterocycles. The zero-order chi connectivity index (χ0) is 29.5. The Bertz CT molecular complexity index is 2010. The standard InChI is InChI=1S/C34H26FN3O4S/c35-25-9-5-4-8-24(25)27-13-10-22-18-23(11-12-26(22)36-27)32-31(21-6-2-1-3-7-21)33-28(19-29(43-33)34(40)41)38(32)20-30(39)37-14-16-42-17-15-37/h1-13,18-19H,14-17,20H2,(H,40,41). The Balaban J connectivity index is 1.42. The number of ether oxygens (including phenoxy) is 1. The number of rotatable bonds is 6. The third-order valence-electron chi connectivity index (χ3n) is 7.78. The van der Waals surface area contributed by atoms with Crippen molar-refractivity contribution in [3.63, 3.8) is 0 Å². The van der Waals surface area contributed by atoms with Gasteiger partial charge in [0.1, 0.15) is 17.2 Å². The quantitative estimate of drug-likeness (QED) is 0.227. The van der Waals surface area contributed by atoms with Crippen molar-refractivity contribution in [3.8, 4) is 33.6 Å². The molecule has 3 aromatic heterocycles. The largest absolute Gasteiger partial charge is 0.477 e. The van der Waals surface area contributed by atoms with Crippen LogP contribution in [0.4, 0.5) is 4.39 Å². The van der Waals surface area contributed by atoms with Crippen molar-refractivity contribution < 1.29 is 23.8 Å². The average molecular weight is 592 g/mol. The number of hydrogen-bond donors (Lipinski definition) is 1. The lowest BCUT2D eigenvalue weighted by atomic mass is 9.99. The summed E-state index contributed by atoms with van der Waals surface area (Å²) in [6.07, 6.45) is 0. The van der Waals surface area contributed by atoms with Crippen LogP contribution < -0.4 is 0 Å². The summed E-state index contributed by atoms with van der Waals surface area (Å²) < 4.78 is 22.7. The van der Waals surface area contributed by atoms with Crippen LogP contribution in [0.5, 0.6) is 0 Å². The van der Waals surface area contributed by atoms with Gasteiger partial charge < -0.3 is 19.3 Å². The van der Waals surface area contributed by atoms with Crippen LogP contribution >= 0.6 is 11.3 Å². The zero-order valence-electron chi connectivity index (χ0n) is 23.0. The first-order valence-electron chi connectivity index (χ1n) is 13.9. The van der Waals surface area contributed by atoms with Crippen molar-refractivity contribution >= 4 is 44.3 Å². The molecule has 7 nitrogen and oxygen atoms in total. The molecule has 0 radical (unpaired) electrons. The summed E-state index contributed by atoms with van der Waals surface area (Å²) in [4.78, 5) is 32.4. The second-order valence-electron chi connectivity index (χ2n) is 10.4. The SMILES string of the molecule is O=C(O)c1cc2c(s1)c(-c1ccccc1)c(-c1ccc3nc(-c4ccccc4F)ccc3c1)n2CC(=O)N1CCOCC1.